The van der Waals surface area contributed by atoms with Crippen LogP contribution in [0.1, 0.15) is 20.8 Å². The average Bonchev–Trinajstić information content (AvgIpc) is 3.03. The maximum absolute atomic E-state index is 12.1. The molecular weight excluding hydrogens is 358 g/mol. The standard InChI is InChI=1S/C14H11NO9S/c1-22-12(20)13(21)24-14(9(16)10(17)15-14)8-2-5-6(11(18)19)4-25-7(5)3-23-8/h4,8H,2-3H2,1H3,(H,15,17)(H,18,19). The van der Waals surface area contributed by atoms with Gasteiger partial charge in [-0.1, -0.05) is 0 Å². The molecule has 1 aromatic rings. The normalized spacial score (nSPS) is 24.6. The number of nitrogens with one attached hydrogen (secondary N) is 1. The third-order valence-electron chi connectivity index (χ3n) is 3.92. The van der Waals surface area contributed by atoms with Gasteiger partial charge in [-0.3, -0.25) is 9.59 Å². The van der Waals surface area contributed by atoms with Crippen LogP contribution in [0.15, 0.2) is 5.38 Å². The van der Waals surface area contributed by atoms with Crippen LogP contribution in [0.25, 0.3) is 0 Å². The van der Waals surface area contributed by atoms with Crippen LogP contribution in [0.5, 0.6) is 0 Å². The number of aromatic carboxylic acids is 1. The number of hydrogen-bond donors (Lipinski definition) is 2. The van der Waals surface area contributed by atoms with Gasteiger partial charge in [-0.2, -0.15) is 0 Å². The molecule has 25 heavy (non-hydrogen) atoms. The largest absolute Gasteiger partial charge is 0.478 e. The van der Waals surface area contributed by atoms with Gasteiger partial charge in [0.25, 0.3) is 17.4 Å². The Morgan fingerprint density at radius 3 is 2.64 bits per heavy atom. The second kappa shape index (κ2) is 5.93. The van der Waals surface area contributed by atoms with E-state index in [1.807, 2.05) is 0 Å². The topological polar surface area (TPSA) is 145 Å². The van der Waals surface area contributed by atoms with E-state index in [4.69, 9.17) is 9.47 Å². The Morgan fingerprint density at radius 2 is 2.08 bits per heavy atom. The highest BCUT2D eigenvalue weighted by atomic mass is 32.1. The molecule has 0 aromatic carbocycles. The second-order valence-corrected chi connectivity index (χ2v) is 6.22. The van der Waals surface area contributed by atoms with E-state index in [1.54, 1.807) is 0 Å². The molecule has 1 amide bonds. The third kappa shape index (κ3) is 2.57. The molecule has 2 atom stereocenters. The number of fused-ring (bicyclic) bond motifs is 1. The average molecular weight is 369 g/mol. The van der Waals surface area contributed by atoms with Crippen LogP contribution in [0, 0.1) is 0 Å². The summed E-state index contributed by atoms with van der Waals surface area (Å²) < 4.78 is 14.6. The monoisotopic (exact) mass is 369 g/mol. The van der Waals surface area contributed by atoms with E-state index >= 15 is 0 Å². The molecule has 0 spiro atoms. The Morgan fingerprint density at radius 1 is 1.36 bits per heavy atom. The number of carbonyl (C=O) groups excluding carboxylic acids is 4. The van der Waals surface area contributed by atoms with Crippen molar-refractivity contribution in [3.8, 4) is 0 Å². The fraction of sp³-hybridized carbons (Fsp3) is 0.357. The lowest BCUT2D eigenvalue weighted by Crippen LogP contribution is -2.78. The molecule has 10 nitrogen and oxygen atoms in total. The predicted octanol–water partition coefficient (Wildman–Crippen LogP) is -1.00. The first kappa shape index (κ1) is 17.0. The van der Waals surface area contributed by atoms with Crippen molar-refractivity contribution in [3.05, 3.63) is 21.4 Å². The van der Waals surface area contributed by atoms with Crippen molar-refractivity contribution in [1.29, 1.82) is 0 Å². The molecule has 2 unspecified atom stereocenters. The number of esters is 2. The molecule has 3 heterocycles. The number of thiophene rings is 1. The van der Waals surface area contributed by atoms with Gasteiger partial charge in [-0.25, -0.2) is 14.4 Å². The molecule has 1 aromatic heterocycles. The Balaban J connectivity index is 1.91. The van der Waals surface area contributed by atoms with E-state index in [0.29, 0.717) is 10.4 Å². The molecule has 2 N–H and O–H groups in total. The lowest BCUT2D eigenvalue weighted by atomic mass is 9.86. The maximum atomic E-state index is 12.1. The molecule has 1 fully saturated rings. The second-order valence-electron chi connectivity index (χ2n) is 5.26. The summed E-state index contributed by atoms with van der Waals surface area (Å²) in [4.78, 5) is 58.3. The van der Waals surface area contributed by atoms with Crippen LogP contribution in [0.2, 0.25) is 0 Å². The summed E-state index contributed by atoms with van der Waals surface area (Å²) in [5, 5.41) is 12.8. The third-order valence-corrected chi connectivity index (χ3v) is 4.92. The molecule has 0 radical (unpaired) electrons. The minimum Gasteiger partial charge on any atom is -0.478 e. The number of rotatable bonds is 3. The molecule has 0 bridgehead atoms. The summed E-state index contributed by atoms with van der Waals surface area (Å²) in [6.45, 7) is -0.0291. The Labute approximate surface area is 143 Å². The van der Waals surface area contributed by atoms with Gasteiger partial charge in [0.2, 0.25) is 0 Å². The van der Waals surface area contributed by atoms with Crippen molar-refractivity contribution in [2.24, 2.45) is 0 Å². The number of hydrogen-bond acceptors (Lipinski definition) is 9. The first-order valence-electron chi connectivity index (χ1n) is 6.92. The highest BCUT2D eigenvalue weighted by Crippen LogP contribution is 2.36. The summed E-state index contributed by atoms with van der Waals surface area (Å²) in [6, 6.07) is 0. The van der Waals surface area contributed by atoms with Crippen molar-refractivity contribution in [2.45, 2.75) is 24.9 Å². The van der Waals surface area contributed by atoms with Gasteiger partial charge >= 0.3 is 17.9 Å². The van der Waals surface area contributed by atoms with E-state index in [9.17, 15) is 29.1 Å². The molecule has 0 saturated carbocycles. The van der Waals surface area contributed by atoms with Gasteiger partial charge in [0.1, 0.15) is 6.10 Å². The van der Waals surface area contributed by atoms with Gasteiger partial charge in [-0.15, -0.1) is 11.3 Å². The number of carboxylic acids is 1. The zero-order valence-electron chi connectivity index (χ0n) is 12.7. The lowest BCUT2D eigenvalue weighted by Gasteiger charge is -2.44. The van der Waals surface area contributed by atoms with Crippen LogP contribution >= 0.6 is 11.3 Å². The summed E-state index contributed by atoms with van der Waals surface area (Å²) in [7, 11) is 0.950. The molecule has 2 aliphatic rings. The summed E-state index contributed by atoms with van der Waals surface area (Å²) in [5.41, 5.74) is -1.71. The minimum absolute atomic E-state index is 0.0291. The highest BCUT2D eigenvalue weighted by Gasteiger charge is 2.63. The molecule has 132 valence electrons. The van der Waals surface area contributed by atoms with Crippen LogP contribution in [0.3, 0.4) is 0 Å². The molecule has 11 heteroatoms. The van der Waals surface area contributed by atoms with Gasteiger partial charge < -0.3 is 24.6 Å². The summed E-state index contributed by atoms with van der Waals surface area (Å²) >= 11 is 1.18. The van der Waals surface area contributed by atoms with Crippen LogP contribution in [0.4, 0.5) is 0 Å². The first-order chi connectivity index (χ1) is 11.8. The quantitative estimate of drug-likeness (QED) is 0.389. The zero-order valence-corrected chi connectivity index (χ0v) is 13.5. The Hall–Kier alpha value is -2.79. The molecule has 2 aliphatic heterocycles. The van der Waals surface area contributed by atoms with E-state index in [-0.39, 0.29) is 18.6 Å². The number of amides is 1. The lowest BCUT2D eigenvalue weighted by molar-refractivity contribution is -0.212. The predicted molar refractivity (Wildman–Crippen MR) is 77.5 cm³/mol. The fourth-order valence-electron chi connectivity index (χ4n) is 2.65. The van der Waals surface area contributed by atoms with Crippen molar-refractivity contribution in [2.75, 3.05) is 7.11 Å². The van der Waals surface area contributed by atoms with Crippen molar-refractivity contribution < 1.29 is 43.3 Å². The number of ketones is 1. The molecule has 1 saturated heterocycles. The number of carbonyl (C=O) groups is 5. The van der Waals surface area contributed by atoms with E-state index in [0.717, 1.165) is 7.11 Å². The van der Waals surface area contributed by atoms with Crippen LogP contribution < -0.4 is 5.32 Å². The van der Waals surface area contributed by atoms with Crippen molar-refractivity contribution in [1.82, 2.24) is 5.32 Å². The van der Waals surface area contributed by atoms with Gasteiger partial charge in [0.15, 0.2) is 0 Å². The molecule has 0 aliphatic carbocycles. The van der Waals surface area contributed by atoms with Crippen molar-refractivity contribution in [3.63, 3.8) is 0 Å². The van der Waals surface area contributed by atoms with Crippen LogP contribution in [-0.2, 0) is 46.4 Å². The minimum atomic E-state index is -2.18. The van der Waals surface area contributed by atoms with E-state index in [1.165, 1.54) is 16.7 Å². The summed E-state index contributed by atoms with van der Waals surface area (Å²) in [6.07, 6.45) is -1.27. The fourth-order valence-corrected chi connectivity index (χ4v) is 3.63. The maximum Gasteiger partial charge on any atom is 0.420 e. The molecule has 3 rings (SSSR count). The Kier molecular flexibility index (Phi) is 4.05. The van der Waals surface area contributed by atoms with Gasteiger partial charge in [0.05, 0.1) is 19.3 Å². The zero-order chi connectivity index (χ0) is 18.4. The summed E-state index contributed by atoms with van der Waals surface area (Å²) in [5.74, 6) is -6.08. The van der Waals surface area contributed by atoms with E-state index in [2.05, 4.69) is 10.1 Å². The SMILES string of the molecule is COC(=O)C(=O)OC1(C2Cc3c(C(=O)O)csc3CO2)NC(=O)C1=O. The molecular formula is C14H11NO9S. The van der Waals surface area contributed by atoms with Gasteiger partial charge in [-0.05, 0) is 5.56 Å². The number of methoxy groups -OCH3 is 1. The number of ether oxygens (including phenoxy) is 3. The first-order valence-corrected chi connectivity index (χ1v) is 7.80. The van der Waals surface area contributed by atoms with Crippen LogP contribution in [-0.4, -0.2) is 53.6 Å². The smallest absolute Gasteiger partial charge is 0.420 e. The van der Waals surface area contributed by atoms with Crippen molar-refractivity contribution >= 4 is 40.9 Å². The number of β-lactam (4-membered cyclic amide) rings is 1. The number of Topliss-reactive ketones (excluding diaryl/α,β-unsaturated/α-hetero) is 1. The highest BCUT2D eigenvalue weighted by molar-refractivity contribution is 7.10. The van der Waals surface area contributed by atoms with Gasteiger partial charge in [0, 0.05) is 16.7 Å². The number of carboxylic acid groups (broad SMARTS) is 1. The van der Waals surface area contributed by atoms with E-state index < -0.39 is 41.4 Å². The Bertz CT molecular complexity index is 813.